The number of benzene rings is 2. The van der Waals surface area contributed by atoms with Crippen LogP contribution in [0.15, 0.2) is 54.6 Å². The Morgan fingerprint density at radius 1 is 1.16 bits per heavy atom. The normalized spacial score (nSPS) is 12.6. The predicted molar refractivity (Wildman–Crippen MR) is 91.6 cm³/mol. The molecule has 126 valence electrons. The van der Waals surface area contributed by atoms with Gasteiger partial charge in [-0.2, -0.15) is 0 Å². The molecule has 1 unspecified atom stereocenters. The van der Waals surface area contributed by atoms with Gasteiger partial charge >= 0.3 is 29.6 Å². The summed E-state index contributed by atoms with van der Waals surface area (Å²) in [6.45, 7) is 4.20. The molecule has 2 aromatic carbocycles. The van der Waals surface area contributed by atoms with Crippen LogP contribution in [0.5, 0.6) is 0 Å². The van der Waals surface area contributed by atoms with Gasteiger partial charge in [-0.25, -0.2) is 4.39 Å². The average molecular weight is 349 g/mol. The maximum Gasteiger partial charge on any atom is 1.00 e. The standard InChI is InChI=1S/C20H22FNO2.Na/c1-13(2)14-7-9-15(10-8-14)16(11-12-19(22)20(23)24)17-5-3-4-6-18(17)21;/h3-11,13,19H,12,22H2,1-2H3,(H,23,24);/q;+1/p-1/b16-11-;. The van der Waals surface area contributed by atoms with Gasteiger partial charge in [-0.05, 0) is 35.1 Å². The van der Waals surface area contributed by atoms with Crippen molar-refractivity contribution in [1.29, 1.82) is 0 Å². The zero-order valence-corrected chi connectivity index (χ0v) is 16.8. The number of carboxylic acids is 1. The average Bonchev–Trinajstić information content (AvgIpc) is 2.56. The summed E-state index contributed by atoms with van der Waals surface area (Å²) in [4.78, 5) is 10.8. The second-order valence-electron chi connectivity index (χ2n) is 6.04. The van der Waals surface area contributed by atoms with E-state index >= 15 is 0 Å². The van der Waals surface area contributed by atoms with Crippen LogP contribution in [0, 0.1) is 5.82 Å². The Labute approximate surface area is 170 Å². The molecule has 2 rings (SSSR count). The van der Waals surface area contributed by atoms with Crippen molar-refractivity contribution in [2.24, 2.45) is 5.73 Å². The number of carboxylic acid groups (broad SMARTS) is 1. The Morgan fingerprint density at radius 3 is 2.28 bits per heavy atom. The number of halogens is 1. The topological polar surface area (TPSA) is 66.2 Å². The number of hydrogen-bond donors (Lipinski definition) is 1. The molecule has 1 atom stereocenters. The van der Waals surface area contributed by atoms with Crippen molar-refractivity contribution >= 4 is 11.5 Å². The van der Waals surface area contributed by atoms with E-state index in [0.717, 1.165) is 5.56 Å². The fourth-order valence-electron chi connectivity index (χ4n) is 2.45. The second-order valence-corrected chi connectivity index (χ2v) is 6.04. The molecule has 0 aromatic heterocycles. The van der Waals surface area contributed by atoms with Gasteiger partial charge in [0.1, 0.15) is 5.82 Å². The first-order chi connectivity index (χ1) is 11.4. The van der Waals surface area contributed by atoms with Crippen LogP contribution in [0.4, 0.5) is 4.39 Å². The third kappa shape index (κ3) is 5.79. The third-order valence-electron chi connectivity index (χ3n) is 3.93. The summed E-state index contributed by atoms with van der Waals surface area (Å²) in [6.07, 6.45) is 1.72. The van der Waals surface area contributed by atoms with Crippen molar-refractivity contribution in [3.8, 4) is 0 Å². The van der Waals surface area contributed by atoms with Gasteiger partial charge in [0.15, 0.2) is 0 Å². The summed E-state index contributed by atoms with van der Waals surface area (Å²) in [5.41, 5.74) is 8.56. The van der Waals surface area contributed by atoms with Gasteiger partial charge in [0, 0.05) is 11.6 Å². The molecule has 0 heterocycles. The number of aliphatic carboxylic acids is 1. The van der Waals surface area contributed by atoms with Crippen molar-refractivity contribution in [3.63, 3.8) is 0 Å². The number of carbonyl (C=O) groups is 1. The summed E-state index contributed by atoms with van der Waals surface area (Å²) < 4.78 is 14.2. The number of carbonyl (C=O) groups excluding carboxylic acids is 1. The summed E-state index contributed by atoms with van der Waals surface area (Å²) in [6, 6.07) is 13.1. The Kier molecular flexibility index (Phi) is 8.53. The van der Waals surface area contributed by atoms with E-state index in [9.17, 15) is 14.3 Å². The molecule has 0 amide bonds. The SMILES string of the molecule is CC(C)c1ccc(/C(=C/CC(N)C(=O)[O-])c2ccccc2F)cc1.[Na+]. The molecule has 0 aliphatic rings. The van der Waals surface area contributed by atoms with Crippen molar-refractivity contribution in [1.82, 2.24) is 0 Å². The molecule has 0 aliphatic carbocycles. The molecule has 0 spiro atoms. The molecular weight excluding hydrogens is 328 g/mol. The van der Waals surface area contributed by atoms with Gasteiger partial charge in [-0.15, -0.1) is 0 Å². The second kappa shape index (κ2) is 9.88. The van der Waals surface area contributed by atoms with Crippen LogP contribution in [0.3, 0.4) is 0 Å². The van der Waals surface area contributed by atoms with Gasteiger partial charge in [0.2, 0.25) is 0 Å². The Bertz CT molecular complexity index is 742. The van der Waals surface area contributed by atoms with Crippen LogP contribution in [0.2, 0.25) is 0 Å². The molecule has 2 N–H and O–H groups in total. The van der Waals surface area contributed by atoms with E-state index in [1.54, 1.807) is 24.3 Å². The molecular formula is C20H21FNNaO2. The van der Waals surface area contributed by atoms with E-state index in [1.165, 1.54) is 11.6 Å². The molecule has 0 radical (unpaired) electrons. The van der Waals surface area contributed by atoms with Crippen molar-refractivity contribution in [2.45, 2.75) is 32.2 Å². The van der Waals surface area contributed by atoms with E-state index in [4.69, 9.17) is 5.73 Å². The van der Waals surface area contributed by atoms with Crippen molar-refractivity contribution in [2.75, 3.05) is 0 Å². The summed E-state index contributed by atoms with van der Waals surface area (Å²) in [5, 5.41) is 10.8. The van der Waals surface area contributed by atoms with Crippen LogP contribution < -0.4 is 40.4 Å². The van der Waals surface area contributed by atoms with Gasteiger partial charge in [0.05, 0.1) is 5.97 Å². The zero-order valence-electron chi connectivity index (χ0n) is 14.8. The fourth-order valence-corrected chi connectivity index (χ4v) is 2.45. The van der Waals surface area contributed by atoms with E-state index in [2.05, 4.69) is 13.8 Å². The maximum absolute atomic E-state index is 14.2. The summed E-state index contributed by atoms with van der Waals surface area (Å²) in [5.74, 6) is -1.29. The van der Waals surface area contributed by atoms with Crippen molar-refractivity contribution < 1.29 is 43.8 Å². The number of hydrogen-bond acceptors (Lipinski definition) is 3. The van der Waals surface area contributed by atoms with Crippen LogP contribution in [0.1, 0.15) is 42.9 Å². The quantitative estimate of drug-likeness (QED) is 0.738. The summed E-state index contributed by atoms with van der Waals surface area (Å²) >= 11 is 0. The Morgan fingerprint density at radius 2 is 1.76 bits per heavy atom. The molecule has 0 bridgehead atoms. The molecule has 5 heteroatoms. The molecule has 3 nitrogen and oxygen atoms in total. The van der Waals surface area contributed by atoms with E-state index in [-0.39, 0.29) is 41.8 Å². The Hall–Kier alpha value is -1.46. The monoisotopic (exact) mass is 349 g/mol. The number of rotatable bonds is 6. The van der Waals surface area contributed by atoms with Gasteiger partial charge in [-0.1, -0.05) is 62.4 Å². The largest absolute Gasteiger partial charge is 1.00 e. The van der Waals surface area contributed by atoms with E-state index in [1.807, 2.05) is 24.3 Å². The fraction of sp³-hybridized carbons (Fsp3) is 0.250. The first-order valence-electron chi connectivity index (χ1n) is 7.92. The zero-order chi connectivity index (χ0) is 17.7. The van der Waals surface area contributed by atoms with Crippen LogP contribution >= 0.6 is 0 Å². The van der Waals surface area contributed by atoms with Crippen LogP contribution in [0.25, 0.3) is 5.57 Å². The van der Waals surface area contributed by atoms with Gasteiger partial charge in [0.25, 0.3) is 0 Å². The minimum absolute atomic E-state index is 0. The molecule has 0 saturated carbocycles. The van der Waals surface area contributed by atoms with E-state index in [0.29, 0.717) is 17.1 Å². The van der Waals surface area contributed by atoms with Crippen LogP contribution in [-0.2, 0) is 4.79 Å². The first-order valence-corrected chi connectivity index (χ1v) is 7.92. The summed E-state index contributed by atoms with van der Waals surface area (Å²) in [7, 11) is 0. The van der Waals surface area contributed by atoms with Gasteiger partial charge < -0.3 is 15.6 Å². The van der Waals surface area contributed by atoms with Gasteiger partial charge in [-0.3, -0.25) is 0 Å². The first kappa shape index (κ1) is 21.6. The Balaban J connectivity index is 0.00000312. The smallest absolute Gasteiger partial charge is 0.548 e. The minimum atomic E-state index is -1.32. The van der Waals surface area contributed by atoms with E-state index < -0.39 is 12.0 Å². The maximum atomic E-state index is 14.2. The van der Waals surface area contributed by atoms with Crippen molar-refractivity contribution in [3.05, 3.63) is 77.1 Å². The minimum Gasteiger partial charge on any atom is -0.548 e. The third-order valence-corrected chi connectivity index (χ3v) is 3.93. The molecule has 2 aromatic rings. The molecule has 0 saturated heterocycles. The van der Waals surface area contributed by atoms with Crippen LogP contribution in [-0.4, -0.2) is 12.0 Å². The predicted octanol–water partition coefficient (Wildman–Crippen LogP) is -0.148. The number of nitrogens with two attached hydrogens (primary N) is 1. The molecule has 0 aliphatic heterocycles. The molecule has 25 heavy (non-hydrogen) atoms. The molecule has 0 fully saturated rings.